The molecule has 19 heavy (non-hydrogen) atoms. The first kappa shape index (κ1) is 13.9. The fourth-order valence-corrected chi connectivity index (χ4v) is 2.08. The van der Waals surface area contributed by atoms with Gasteiger partial charge in [-0.3, -0.25) is 4.79 Å². The van der Waals surface area contributed by atoms with Gasteiger partial charge in [0.15, 0.2) is 0 Å². The minimum Gasteiger partial charge on any atom is -0.394 e. The number of halogens is 2. The minimum absolute atomic E-state index is 0.238. The molecule has 1 atom stereocenters. The van der Waals surface area contributed by atoms with Crippen LogP contribution in [0.5, 0.6) is 0 Å². The van der Waals surface area contributed by atoms with E-state index in [2.05, 4.69) is 5.32 Å². The zero-order valence-corrected chi connectivity index (χ0v) is 10.3. The standard InChI is InChI=1S/C13H16F2N2O2/c14-8-1-2-9(10(15)5-8)13(3-4-13)7-17-12(19)11(16)6-18/h1-2,5,11,18H,3-4,6-7,16H2,(H,17,19). The topological polar surface area (TPSA) is 75.3 Å². The summed E-state index contributed by atoms with van der Waals surface area (Å²) in [6.07, 6.45) is 1.45. The fourth-order valence-electron chi connectivity index (χ4n) is 2.08. The first-order chi connectivity index (χ1) is 8.98. The first-order valence-electron chi connectivity index (χ1n) is 6.08. The number of aliphatic hydroxyl groups excluding tert-OH is 1. The Morgan fingerprint density at radius 2 is 2.16 bits per heavy atom. The van der Waals surface area contributed by atoms with Crippen molar-refractivity contribution in [3.05, 3.63) is 35.4 Å². The normalized spacial score (nSPS) is 17.9. The molecule has 0 heterocycles. The average Bonchev–Trinajstić information content (AvgIpc) is 3.16. The Kier molecular flexibility index (Phi) is 3.82. The molecule has 1 aliphatic carbocycles. The van der Waals surface area contributed by atoms with E-state index in [0.29, 0.717) is 5.56 Å². The third-order valence-electron chi connectivity index (χ3n) is 3.49. The molecule has 6 heteroatoms. The maximum atomic E-state index is 13.7. The van der Waals surface area contributed by atoms with Crippen LogP contribution in [-0.2, 0) is 10.2 Å². The van der Waals surface area contributed by atoms with Crippen LogP contribution < -0.4 is 11.1 Å². The van der Waals surface area contributed by atoms with Crippen LogP contribution in [0.25, 0.3) is 0 Å². The van der Waals surface area contributed by atoms with Gasteiger partial charge in [-0.2, -0.15) is 0 Å². The van der Waals surface area contributed by atoms with Gasteiger partial charge in [-0.05, 0) is 24.5 Å². The SMILES string of the molecule is NC(CO)C(=O)NCC1(c2ccc(F)cc2F)CC1. The lowest BCUT2D eigenvalue weighted by atomic mass is 9.95. The van der Waals surface area contributed by atoms with Crippen molar-refractivity contribution in [2.24, 2.45) is 5.73 Å². The highest BCUT2D eigenvalue weighted by Crippen LogP contribution is 2.48. The molecule has 0 spiro atoms. The lowest BCUT2D eigenvalue weighted by Crippen LogP contribution is -2.45. The van der Waals surface area contributed by atoms with Crippen LogP contribution in [0.15, 0.2) is 18.2 Å². The Balaban J connectivity index is 2.05. The molecule has 1 amide bonds. The van der Waals surface area contributed by atoms with Crippen LogP contribution in [0, 0.1) is 11.6 Å². The lowest BCUT2D eigenvalue weighted by molar-refractivity contribution is -0.123. The maximum Gasteiger partial charge on any atom is 0.239 e. The third kappa shape index (κ3) is 2.90. The number of amides is 1. The number of nitrogens with one attached hydrogen (secondary N) is 1. The summed E-state index contributed by atoms with van der Waals surface area (Å²) in [7, 11) is 0. The van der Waals surface area contributed by atoms with E-state index in [1.807, 2.05) is 0 Å². The Morgan fingerprint density at radius 1 is 1.47 bits per heavy atom. The predicted octanol–water partition coefficient (Wildman–Crippen LogP) is 0.432. The molecule has 1 aromatic carbocycles. The minimum atomic E-state index is -0.978. The predicted molar refractivity (Wildman–Crippen MR) is 65.3 cm³/mol. The van der Waals surface area contributed by atoms with Gasteiger partial charge in [0.25, 0.3) is 0 Å². The van der Waals surface area contributed by atoms with Crippen molar-refractivity contribution in [2.45, 2.75) is 24.3 Å². The van der Waals surface area contributed by atoms with Gasteiger partial charge in [-0.15, -0.1) is 0 Å². The van der Waals surface area contributed by atoms with Gasteiger partial charge in [0.2, 0.25) is 5.91 Å². The molecule has 0 bridgehead atoms. The summed E-state index contributed by atoms with van der Waals surface area (Å²) in [6.45, 7) is -0.203. The van der Waals surface area contributed by atoms with Crippen molar-refractivity contribution in [1.29, 1.82) is 0 Å². The van der Waals surface area contributed by atoms with Crippen molar-refractivity contribution in [3.8, 4) is 0 Å². The quantitative estimate of drug-likeness (QED) is 0.726. The molecule has 1 fully saturated rings. The van der Waals surface area contributed by atoms with Gasteiger partial charge in [-0.1, -0.05) is 6.07 Å². The highest BCUT2D eigenvalue weighted by atomic mass is 19.1. The Bertz CT molecular complexity index is 490. The second-order valence-electron chi connectivity index (χ2n) is 4.91. The molecule has 4 N–H and O–H groups in total. The van der Waals surface area contributed by atoms with E-state index in [1.165, 1.54) is 12.1 Å². The van der Waals surface area contributed by atoms with Crippen LogP contribution in [0.1, 0.15) is 18.4 Å². The zero-order valence-electron chi connectivity index (χ0n) is 10.3. The number of rotatable bonds is 5. The van der Waals surface area contributed by atoms with E-state index in [4.69, 9.17) is 10.8 Å². The molecule has 1 aromatic rings. The van der Waals surface area contributed by atoms with Crippen molar-refractivity contribution >= 4 is 5.91 Å². The molecule has 1 aliphatic rings. The number of nitrogens with two attached hydrogens (primary N) is 1. The second kappa shape index (κ2) is 5.22. The van der Waals surface area contributed by atoms with E-state index in [0.717, 1.165) is 18.9 Å². The van der Waals surface area contributed by atoms with Crippen LogP contribution in [0.4, 0.5) is 8.78 Å². The molecule has 4 nitrogen and oxygen atoms in total. The van der Waals surface area contributed by atoms with Crippen LogP contribution in [0.2, 0.25) is 0 Å². The molecule has 1 unspecified atom stereocenters. The summed E-state index contributed by atoms with van der Waals surface area (Å²) in [5.74, 6) is -1.70. The number of carbonyl (C=O) groups is 1. The van der Waals surface area contributed by atoms with E-state index in [-0.39, 0.29) is 6.54 Å². The van der Waals surface area contributed by atoms with Crippen LogP contribution in [0.3, 0.4) is 0 Å². The number of hydrogen-bond donors (Lipinski definition) is 3. The Hall–Kier alpha value is -1.53. The maximum absolute atomic E-state index is 13.7. The largest absolute Gasteiger partial charge is 0.394 e. The number of carbonyl (C=O) groups excluding carboxylic acids is 1. The van der Waals surface area contributed by atoms with Gasteiger partial charge in [0.05, 0.1) is 6.61 Å². The summed E-state index contributed by atoms with van der Waals surface area (Å²) >= 11 is 0. The third-order valence-corrected chi connectivity index (χ3v) is 3.49. The van der Waals surface area contributed by atoms with E-state index >= 15 is 0 Å². The summed E-state index contributed by atoms with van der Waals surface area (Å²) in [5.41, 5.74) is 5.31. The molecule has 0 aromatic heterocycles. The highest BCUT2D eigenvalue weighted by molar-refractivity contribution is 5.81. The molecular weight excluding hydrogens is 254 g/mol. The lowest BCUT2D eigenvalue weighted by Gasteiger charge is -2.18. The summed E-state index contributed by atoms with van der Waals surface area (Å²) in [4.78, 5) is 11.5. The van der Waals surface area contributed by atoms with Crippen molar-refractivity contribution < 1.29 is 18.7 Å². The van der Waals surface area contributed by atoms with Crippen molar-refractivity contribution in [2.75, 3.05) is 13.2 Å². The fraction of sp³-hybridized carbons (Fsp3) is 0.462. The molecule has 0 saturated heterocycles. The van der Waals surface area contributed by atoms with E-state index < -0.39 is 35.6 Å². The van der Waals surface area contributed by atoms with Gasteiger partial charge in [0, 0.05) is 18.0 Å². The van der Waals surface area contributed by atoms with Crippen molar-refractivity contribution in [3.63, 3.8) is 0 Å². The molecule has 0 radical (unpaired) electrons. The monoisotopic (exact) mass is 270 g/mol. The molecule has 2 rings (SSSR count). The van der Waals surface area contributed by atoms with Crippen molar-refractivity contribution in [1.82, 2.24) is 5.32 Å². The van der Waals surface area contributed by atoms with Gasteiger partial charge in [-0.25, -0.2) is 8.78 Å². The first-order valence-corrected chi connectivity index (χ1v) is 6.08. The Labute approximate surface area is 109 Å². The van der Waals surface area contributed by atoms with E-state index in [9.17, 15) is 13.6 Å². The van der Waals surface area contributed by atoms with Gasteiger partial charge >= 0.3 is 0 Å². The summed E-state index contributed by atoms with van der Waals surface area (Å²) < 4.78 is 26.6. The zero-order chi connectivity index (χ0) is 14.0. The summed E-state index contributed by atoms with van der Waals surface area (Å²) in [5, 5.41) is 11.3. The molecule has 104 valence electrons. The van der Waals surface area contributed by atoms with Crippen LogP contribution >= 0.6 is 0 Å². The molecular formula is C13H16F2N2O2. The second-order valence-corrected chi connectivity index (χ2v) is 4.91. The number of benzene rings is 1. The molecule has 1 saturated carbocycles. The number of hydrogen-bond acceptors (Lipinski definition) is 3. The Morgan fingerprint density at radius 3 is 2.68 bits per heavy atom. The highest BCUT2D eigenvalue weighted by Gasteiger charge is 2.46. The van der Waals surface area contributed by atoms with Gasteiger partial charge < -0.3 is 16.2 Å². The van der Waals surface area contributed by atoms with Gasteiger partial charge in [0.1, 0.15) is 17.7 Å². The smallest absolute Gasteiger partial charge is 0.239 e. The number of aliphatic hydroxyl groups is 1. The van der Waals surface area contributed by atoms with E-state index in [1.54, 1.807) is 0 Å². The average molecular weight is 270 g/mol. The molecule has 0 aliphatic heterocycles. The van der Waals surface area contributed by atoms with Crippen LogP contribution in [-0.4, -0.2) is 30.2 Å². The summed E-state index contributed by atoms with van der Waals surface area (Å²) in [6, 6.07) is 2.49.